The van der Waals surface area contributed by atoms with Crippen LogP contribution in [0.2, 0.25) is 0 Å². The molecule has 0 unspecified atom stereocenters. The number of phenols is 2. The van der Waals surface area contributed by atoms with Crippen LogP contribution >= 0.6 is 11.8 Å². The van der Waals surface area contributed by atoms with E-state index in [2.05, 4.69) is 0 Å². The Balaban J connectivity index is 2.32. The molecule has 0 bridgehead atoms. The monoisotopic (exact) mass is 265 g/mol. The zero-order valence-corrected chi connectivity index (χ0v) is 10.4. The number of likely N-dealkylation sites (N-methyl/N-ethyl adjacent to an activating group) is 1. The summed E-state index contributed by atoms with van der Waals surface area (Å²) in [5.41, 5.74) is 0.548. The van der Waals surface area contributed by atoms with Crippen molar-refractivity contribution in [2.45, 2.75) is 6.92 Å². The molecule has 18 heavy (non-hydrogen) atoms. The van der Waals surface area contributed by atoms with Crippen LogP contribution < -0.4 is 0 Å². The molecular formula is C12H11NO4S. The Hall–Kier alpha value is -1.95. The zero-order valence-electron chi connectivity index (χ0n) is 9.58. The number of aromatic hydroxyl groups is 2. The van der Waals surface area contributed by atoms with Gasteiger partial charge in [-0.1, -0.05) is 6.07 Å². The van der Waals surface area contributed by atoms with E-state index in [1.807, 2.05) is 0 Å². The number of phenolic OH excluding ortho intramolecular Hbond substituents is 2. The number of thioether (sulfide) groups is 1. The number of carbonyl (C=O) groups excluding carboxylic acids is 2. The highest BCUT2D eigenvalue weighted by Gasteiger charge is 2.33. The predicted molar refractivity (Wildman–Crippen MR) is 68.1 cm³/mol. The molecule has 1 heterocycles. The molecule has 0 aromatic heterocycles. The van der Waals surface area contributed by atoms with E-state index in [-0.39, 0.29) is 22.6 Å². The number of imide groups is 1. The molecule has 1 aliphatic rings. The largest absolute Gasteiger partial charge is 0.504 e. The summed E-state index contributed by atoms with van der Waals surface area (Å²) in [6.45, 7) is 2.06. The molecule has 2 amide bonds. The molecule has 0 saturated carbocycles. The van der Waals surface area contributed by atoms with Gasteiger partial charge >= 0.3 is 0 Å². The maximum absolute atomic E-state index is 11.8. The van der Waals surface area contributed by atoms with E-state index >= 15 is 0 Å². The van der Waals surface area contributed by atoms with Crippen molar-refractivity contribution in [2.75, 3.05) is 6.54 Å². The third-order valence-electron chi connectivity index (χ3n) is 2.49. The number of hydrogen-bond donors (Lipinski definition) is 2. The van der Waals surface area contributed by atoms with E-state index in [4.69, 9.17) is 0 Å². The van der Waals surface area contributed by atoms with E-state index in [0.29, 0.717) is 17.0 Å². The molecule has 1 aromatic carbocycles. The number of rotatable bonds is 2. The number of benzene rings is 1. The minimum atomic E-state index is -0.333. The van der Waals surface area contributed by atoms with Crippen LogP contribution in [-0.4, -0.2) is 32.8 Å². The lowest BCUT2D eigenvalue weighted by Crippen LogP contribution is -2.27. The standard InChI is InChI=1S/C12H11NO4S/c1-2-13-11(16)10(18-12(13)17)6-7-3-4-8(14)9(15)5-7/h3-6,14-15H,2H2,1H3/b10-6+. The first-order valence-corrected chi connectivity index (χ1v) is 6.12. The molecule has 1 saturated heterocycles. The lowest BCUT2D eigenvalue weighted by Gasteiger charge is -2.07. The van der Waals surface area contributed by atoms with Crippen molar-refractivity contribution in [3.63, 3.8) is 0 Å². The van der Waals surface area contributed by atoms with Gasteiger partial charge in [0, 0.05) is 6.54 Å². The minimum Gasteiger partial charge on any atom is -0.504 e. The van der Waals surface area contributed by atoms with Gasteiger partial charge in [-0.15, -0.1) is 0 Å². The van der Waals surface area contributed by atoms with Crippen LogP contribution in [0.5, 0.6) is 11.5 Å². The fraction of sp³-hybridized carbons (Fsp3) is 0.167. The molecule has 0 spiro atoms. The summed E-state index contributed by atoms with van der Waals surface area (Å²) in [6, 6.07) is 4.20. The van der Waals surface area contributed by atoms with Gasteiger partial charge in [0.05, 0.1) is 4.91 Å². The smallest absolute Gasteiger partial charge is 0.293 e. The van der Waals surface area contributed by atoms with Gasteiger partial charge in [0.2, 0.25) is 0 Å². The van der Waals surface area contributed by atoms with Crippen LogP contribution in [0.25, 0.3) is 6.08 Å². The highest BCUT2D eigenvalue weighted by atomic mass is 32.2. The van der Waals surface area contributed by atoms with E-state index in [1.54, 1.807) is 13.0 Å². The lowest BCUT2D eigenvalue weighted by atomic mass is 10.2. The normalized spacial score (nSPS) is 17.8. The molecule has 0 aliphatic carbocycles. The fourth-order valence-corrected chi connectivity index (χ4v) is 2.46. The van der Waals surface area contributed by atoms with E-state index in [1.165, 1.54) is 18.2 Å². The van der Waals surface area contributed by atoms with Gasteiger partial charge < -0.3 is 10.2 Å². The summed E-state index contributed by atoms with van der Waals surface area (Å²) >= 11 is 0.866. The van der Waals surface area contributed by atoms with Crippen molar-refractivity contribution < 1.29 is 19.8 Å². The second-order valence-corrected chi connectivity index (χ2v) is 4.67. The van der Waals surface area contributed by atoms with Crippen molar-refractivity contribution in [3.05, 3.63) is 28.7 Å². The van der Waals surface area contributed by atoms with Crippen LogP contribution in [0, 0.1) is 0 Å². The average Bonchev–Trinajstić information content (AvgIpc) is 2.59. The topological polar surface area (TPSA) is 77.8 Å². The van der Waals surface area contributed by atoms with Crippen molar-refractivity contribution in [2.24, 2.45) is 0 Å². The molecule has 2 N–H and O–H groups in total. The highest BCUT2D eigenvalue weighted by Crippen LogP contribution is 2.33. The van der Waals surface area contributed by atoms with Crippen molar-refractivity contribution >= 4 is 29.0 Å². The second kappa shape index (κ2) is 4.73. The molecule has 1 fully saturated rings. The molecule has 94 valence electrons. The number of hydrogen-bond acceptors (Lipinski definition) is 5. The summed E-state index contributed by atoms with van der Waals surface area (Å²) < 4.78 is 0. The fourth-order valence-electron chi connectivity index (χ4n) is 1.55. The van der Waals surface area contributed by atoms with Crippen molar-refractivity contribution in [1.82, 2.24) is 4.90 Å². The number of carbonyl (C=O) groups is 2. The highest BCUT2D eigenvalue weighted by molar-refractivity contribution is 8.18. The van der Waals surface area contributed by atoms with Gasteiger partial charge in [-0.25, -0.2) is 0 Å². The average molecular weight is 265 g/mol. The van der Waals surface area contributed by atoms with Crippen LogP contribution in [0.15, 0.2) is 23.1 Å². The van der Waals surface area contributed by atoms with Gasteiger partial charge in [-0.3, -0.25) is 14.5 Å². The van der Waals surface area contributed by atoms with E-state index in [0.717, 1.165) is 16.7 Å². The minimum absolute atomic E-state index is 0.228. The second-order valence-electron chi connectivity index (χ2n) is 3.67. The Morgan fingerprint density at radius 1 is 1.28 bits per heavy atom. The summed E-state index contributed by atoms with van der Waals surface area (Å²) in [7, 11) is 0. The molecule has 2 rings (SSSR count). The molecule has 0 atom stereocenters. The van der Waals surface area contributed by atoms with Crippen LogP contribution in [0.3, 0.4) is 0 Å². The summed E-state index contributed by atoms with van der Waals surface area (Å²) in [6.07, 6.45) is 1.51. The van der Waals surface area contributed by atoms with Gasteiger partial charge in [0.1, 0.15) is 0 Å². The van der Waals surface area contributed by atoms with Gasteiger partial charge in [0.15, 0.2) is 11.5 Å². The van der Waals surface area contributed by atoms with Crippen molar-refractivity contribution in [3.8, 4) is 11.5 Å². The Labute approximate surface area is 108 Å². The third-order valence-corrected chi connectivity index (χ3v) is 3.39. The van der Waals surface area contributed by atoms with Gasteiger partial charge in [-0.05, 0) is 42.5 Å². The summed E-state index contributed by atoms with van der Waals surface area (Å²) in [5, 5.41) is 18.2. The van der Waals surface area contributed by atoms with Crippen LogP contribution in [-0.2, 0) is 4.79 Å². The maximum Gasteiger partial charge on any atom is 0.293 e. The number of nitrogens with zero attached hydrogens (tertiary/aromatic N) is 1. The molecule has 1 aromatic rings. The Morgan fingerprint density at radius 3 is 2.56 bits per heavy atom. The van der Waals surface area contributed by atoms with E-state index < -0.39 is 0 Å². The molecule has 1 aliphatic heterocycles. The first-order chi connectivity index (χ1) is 8.52. The third kappa shape index (κ3) is 2.19. The Kier molecular flexibility index (Phi) is 3.29. The van der Waals surface area contributed by atoms with Gasteiger partial charge in [-0.2, -0.15) is 0 Å². The number of amides is 2. The molecule has 0 radical (unpaired) electrons. The Bertz CT molecular complexity index is 553. The lowest BCUT2D eigenvalue weighted by molar-refractivity contribution is -0.122. The molecular weight excluding hydrogens is 254 g/mol. The van der Waals surface area contributed by atoms with E-state index in [9.17, 15) is 19.8 Å². The van der Waals surface area contributed by atoms with Crippen LogP contribution in [0.4, 0.5) is 4.79 Å². The van der Waals surface area contributed by atoms with Crippen molar-refractivity contribution in [1.29, 1.82) is 0 Å². The predicted octanol–water partition coefficient (Wildman–Crippen LogP) is 2.15. The van der Waals surface area contributed by atoms with Crippen LogP contribution in [0.1, 0.15) is 12.5 Å². The quantitative estimate of drug-likeness (QED) is 0.633. The molecule has 5 nitrogen and oxygen atoms in total. The van der Waals surface area contributed by atoms with Gasteiger partial charge in [0.25, 0.3) is 11.1 Å². The first-order valence-electron chi connectivity index (χ1n) is 5.30. The molecule has 6 heteroatoms. The zero-order chi connectivity index (χ0) is 13.3. The first kappa shape index (κ1) is 12.5. The summed E-state index contributed by atoms with van der Waals surface area (Å²) in [5.74, 6) is -0.827. The summed E-state index contributed by atoms with van der Waals surface area (Å²) in [4.78, 5) is 24.7. The SMILES string of the molecule is CCN1C(=O)S/C(=C/c2ccc(O)c(O)c2)C1=O. The Morgan fingerprint density at radius 2 is 2.00 bits per heavy atom. The maximum atomic E-state index is 11.8.